The van der Waals surface area contributed by atoms with Gasteiger partial charge in [0.15, 0.2) is 10.8 Å². The van der Waals surface area contributed by atoms with Gasteiger partial charge in [0.25, 0.3) is 0 Å². The van der Waals surface area contributed by atoms with Crippen molar-refractivity contribution in [3.8, 4) is 0 Å². The molecule has 0 aromatic carbocycles. The zero-order chi connectivity index (χ0) is 12.4. The number of aromatic nitrogens is 3. The normalized spacial score (nSPS) is 10.5. The maximum atomic E-state index is 10.8. The lowest BCUT2D eigenvalue weighted by molar-refractivity contribution is 0.0690. The number of anilines is 1. The van der Waals surface area contributed by atoms with Crippen LogP contribution in [0.5, 0.6) is 0 Å². The number of carbonyl (C=O) groups is 1. The number of carboxylic acids is 1. The molecule has 0 aliphatic heterocycles. The molecule has 2 aromatic rings. The number of hydrogen-bond donors (Lipinski definition) is 2. The number of rotatable bonds is 4. The quantitative estimate of drug-likeness (QED) is 0.861. The highest BCUT2D eigenvalue weighted by Gasteiger charge is 2.13. The summed E-state index contributed by atoms with van der Waals surface area (Å²) >= 11 is 1.33. The Labute approximate surface area is 102 Å². The van der Waals surface area contributed by atoms with Gasteiger partial charge in [-0.25, -0.2) is 14.8 Å². The molecule has 2 rings (SSSR count). The summed E-state index contributed by atoms with van der Waals surface area (Å²) in [5.74, 6) is -0.126. The topological polar surface area (TPSA) is 80.0 Å². The minimum absolute atomic E-state index is 0.109. The van der Waals surface area contributed by atoms with Crippen molar-refractivity contribution in [2.45, 2.75) is 13.5 Å². The van der Waals surface area contributed by atoms with Gasteiger partial charge in [-0.1, -0.05) is 0 Å². The first-order chi connectivity index (χ1) is 8.08. The van der Waals surface area contributed by atoms with Crippen LogP contribution in [-0.4, -0.2) is 25.6 Å². The van der Waals surface area contributed by atoms with Gasteiger partial charge < -0.3 is 15.0 Å². The number of hydrogen-bond acceptors (Lipinski definition) is 5. The zero-order valence-corrected chi connectivity index (χ0v) is 10.3. The van der Waals surface area contributed by atoms with Crippen LogP contribution in [0.4, 0.5) is 5.13 Å². The van der Waals surface area contributed by atoms with E-state index in [9.17, 15) is 4.79 Å². The second kappa shape index (κ2) is 4.54. The highest BCUT2D eigenvalue weighted by atomic mass is 32.1. The molecule has 17 heavy (non-hydrogen) atoms. The molecule has 0 aliphatic carbocycles. The predicted molar refractivity (Wildman–Crippen MR) is 64.3 cm³/mol. The molecule has 0 aliphatic rings. The number of nitrogens with one attached hydrogen (secondary N) is 1. The molecule has 0 unspecified atom stereocenters. The van der Waals surface area contributed by atoms with Crippen LogP contribution in [0.25, 0.3) is 0 Å². The Morgan fingerprint density at radius 3 is 2.94 bits per heavy atom. The fourth-order valence-electron chi connectivity index (χ4n) is 1.39. The summed E-state index contributed by atoms with van der Waals surface area (Å²) in [6.45, 7) is 2.27. The third-order valence-electron chi connectivity index (χ3n) is 2.32. The van der Waals surface area contributed by atoms with Crippen LogP contribution in [0.2, 0.25) is 0 Å². The van der Waals surface area contributed by atoms with Crippen LogP contribution >= 0.6 is 11.3 Å². The van der Waals surface area contributed by atoms with Crippen molar-refractivity contribution in [2.75, 3.05) is 5.32 Å². The first-order valence-electron chi connectivity index (χ1n) is 4.98. The summed E-state index contributed by atoms with van der Waals surface area (Å²) in [5, 5.41) is 12.5. The summed E-state index contributed by atoms with van der Waals surface area (Å²) < 4.78 is 1.89. The van der Waals surface area contributed by atoms with Gasteiger partial charge in [-0.2, -0.15) is 0 Å². The van der Waals surface area contributed by atoms with E-state index in [4.69, 9.17) is 5.11 Å². The molecule has 0 saturated carbocycles. The van der Waals surface area contributed by atoms with Gasteiger partial charge >= 0.3 is 5.97 Å². The summed E-state index contributed by atoms with van der Waals surface area (Å²) in [6.07, 6.45) is 3.57. The van der Waals surface area contributed by atoms with Gasteiger partial charge in [0.05, 0.1) is 6.54 Å². The molecular formula is C10H12N4O2S. The molecule has 0 atom stereocenters. The lowest BCUT2D eigenvalue weighted by Crippen LogP contribution is -2.06. The third-order valence-corrected chi connectivity index (χ3v) is 3.25. The van der Waals surface area contributed by atoms with Crippen molar-refractivity contribution >= 4 is 22.4 Å². The molecule has 7 heteroatoms. The zero-order valence-electron chi connectivity index (χ0n) is 9.47. The first kappa shape index (κ1) is 11.6. The lowest BCUT2D eigenvalue weighted by Gasteiger charge is -2.02. The fourth-order valence-corrected chi connectivity index (χ4v) is 2.19. The van der Waals surface area contributed by atoms with Gasteiger partial charge in [0, 0.05) is 24.3 Å². The Kier molecular flexibility index (Phi) is 3.10. The van der Waals surface area contributed by atoms with Crippen molar-refractivity contribution in [1.29, 1.82) is 0 Å². The van der Waals surface area contributed by atoms with Crippen LogP contribution in [0, 0.1) is 6.92 Å². The Morgan fingerprint density at radius 1 is 1.65 bits per heavy atom. The fraction of sp³-hybridized carbons (Fsp3) is 0.300. The van der Waals surface area contributed by atoms with Gasteiger partial charge in [-0.15, -0.1) is 11.3 Å². The molecule has 0 fully saturated rings. The number of carboxylic acid groups (broad SMARTS) is 1. The smallest absolute Gasteiger partial charge is 0.355 e. The van der Waals surface area contributed by atoms with E-state index >= 15 is 0 Å². The highest BCUT2D eigenvalue weighted by Crippen LogP contribution is 2.22. The van der Waals surface area contributed by atoms with E-state index in [2.05, 4.69) is 15.3 Å². The number of imidazole rings is 1. The van der Waals surface area contributed by atoms with Crippen molar-refractivity contribution in [3.05, 3.63) is 28.8 Å². The van der Waals surface area contributed by atoms with E-state index < -0.39 is 5.97 Å². The summed E-state index contributed by atoms with van der Waals surface area (Å²) in [4.78, 5) is 19.7. The van der Waals surface area contributed by atoms with Crippen molar-refractivity contribution in [1.82, 2.24) is 14.5 Å². The predicted octanol–water partition coefficient (Wildman–Crippen LogP) is 1.50. The van der Waals surface area contributed by atoms with Crippen LogP contribution < -0.4 is 5.32 Å². The van der Waals surface area contributed by atoms with E-state index in [0.29, 0.717) is 16.6 Å². The van der Waals surface area contributed by atoms with Crippen LogP contribution in [0.3, 0.4) is 0 Å². The largest absolute Gasteiger partial charge is 0.476 e. The molecule has 2 N–H and O–H groups in total. The molecule has 2 aromatic heterocycles. The Balaban J connectivity index is 2.07. The molecule has 0 radical (unpaired) electrons. The van der Waals surface area contributed by atoms with Gasteiger partial charge in [0.1, 0.15) is 5.82 Å². The van der Waals surface area contributed by atoms with Crippen molar-refractivity contribution in [3.63, 3.8) is 0 Å². The first-order valence-corrected chi connectivity index (χ1v) is 5.80. The molecule has 90 valence electrons. The molecule has 6 nitrogen and oxygen atoms in total. The summed E-state index contributed by atoms with van der Waals surface area (Å²) in [7, 11) is 1.90. The van der Waals surface area contributed by atoms with Crippen LogP contribution in [0.15, 0.2) is 12.4 Å². The van der Waals surface area contributed by atoms with E-state index in [-0.39, 0.29) is 5.69 Å². The van der Waals surface area contributed by atoms with E-state index in [1.165, 1.54) is 11.3 Å². The van der Waals surface area contributed by atoms with E-state index in [1.54, 1.807) is 13.1 Å². The van der Waals surface area contributed by atoms with Gasteiger partial charge in [-0.3, -0.25) is 0 Å². The second-order valence-corrected chi connectivity index (χ2v) is 4.74. The SMILES string of the molecule is Cc1sc(NCc2nccn2C)nc1C(=O)O. The average Bonchev–Trinajstić information content (AvgIpc) is 2.82. The maximum Gasteiger partial charge on any atom is 0.355 e. The number of aromatic carboxylic acids is 1. The van der Waals surface area contributed by atoms with Gasteiger partial charge in [0.2, 0.25) is 0 Å². The molecule has 0 amide bonds. The molecule has 0 bridgehead atoms. The van der Waals surface area contributed by atoms with E-state index in [1.807, 2.05) is 17.8 Å². The number of nitrogens with zero attached hydrogens (tertiary/aromatic N) is 3. The molecule has 0 saturated heterocycles. The maximum absolute atomic E-state index is 10.8. The Bertz CT molecular complexity index is 546. The number of aryl methyl sites for hydroxylation is 2. The molecular weight excluding hydrogens is 240 g/mol. The minimum atomic E-state index is -0.996. The summed E-state index contributed by atoms with van der Waals surface area (Å²) in [5.41, 5.74) is 0.109. The lowest BCUT2D eigenvalue weighted by atomic mass is 10.4. The second-order valence-electron chi connectivity index (χ2n) is 3.54. The Hall–Kier alpha value is -1.89. The molecule has 0 spiro atoms. The average molecular weight is 252 g/mol. The van der Waals surface area contributed by atoms with Crippen LogP contribution in [-0.2, 0) is 13.6 Å². The highest BCUT2D eigenvalue weighted by molar-refractivity contribution is 7.15. The van der Waals surface area contributed by atoms with Crippen molar-refractivity contribution in [2.24, 2.45) is 7.05 Å². The van der Waals surface area contributed by atoms with Gasteiger partial charge in [-0.05, 0) is 6.92 Å². The standard InChI is InChI=1S/C10H12N4O2S/c1-6-8(9(15)16)13-10(17-6)12-5-7-11-3-4-14(7)2/h3-4H,5H2,1-2H3,(H,12,13)(H,15,16). The number of thiazole rings is 1. The summed E-state index contributed by atoms with van der Waals surface area (Å²) in [6, 6.07) is 0. The third kappa shape index (κ3) is 2.44. The van der Waals surface area contributed by atoms with Crippen molar-refractivity contribution < 1.29 is 9.90 Å². The van der Waals surface area contributed by atoms with E-state index in [0.717, 1.165) is 5.82 Å². The monoisotopic (exact) mass is 252 g/mol. The molecule has 2 heterocycles. The van der Waals surface area contributed by atoms with Crippen LogP contribution in [0.1, 0.15) is 21.2 Å². The minimum Gasteiger partial charge on any atom is -0.476 e. The Morgan fingerprint density at radius 2 is 2.41 bits per heavy atom.